The highest BCUT2D eigenvalue weighted by molar-refractivity contribution is 9.10. The number of aliphatic hydroxyl groups excluding tert-OH is 1. The lowest BCUT2D eigenvalue weighted by molar-refractivity contribution is 0.146. The largest absolute Gasteiger partial charge is 0.388 e. The minimum Gasteiger partial charge on any atom is -0.388 e. The molecular weight excluding hydrogens is 382 g/mol. The first kappa shape index (κ1) is 15.7. The highest BCUT2D eigenvalue weighted by atomic mass is 79.9. The molecule has 2 atom stereocenters. The van der Waals surface area contributed by atoms with E-state index in [1.807, 2.05) is 49.4 Å². The van der Waals surface area contributed by atoms with E-state index in [1.54, 1.807) is 0 Å². The van der Waals surface area contributed by atoms with Gasteiger partial charge < -0.3 is 10.8 Å². The zero-order valence-corrected chi connectivity index (χ0v) is 14.4. The molecule has 3 N–H and O–H groups in total. The van der Waals surface area contributed by atoms with E-state index < -0.39 is 6.10 Å². The molecular formula is C16H17Br2NO. The molecule has 0 spiro atoms. The van der Waals surface area contributed by atoms with Gasteiger partial charge in [-0.15, -0.1) is 0 Å². The van der Waals surface area contributed by atoms with E-state index in [4.69, 9.17) is 5.73 Å². The van der Waals surface area contributed by atoms with Crippen LogP contribution in [0, 0.1) is 6.92 Å². The van der Waals surface area contributed by atoms with Crippen molar-refractivity contribution in [3.8, 4) is 0 Å². The second-order valence-electron chi connectivity index (χ2n) is 4.84. The van der Waals surface area contributed by atoms with Gasteiger partial charge >= 0.3 is 0 Å². The Morgan fingerprint density at radius 2 is 1.65 bits per heavy atom. The average Bonchev–Trinajstić information content (AvgIpc) is 2.44. The summed E-state index contributed by atoms with van der Waals surface area (Å²) < 4.78 is 1.98. The van der Waals surface area contributed by atoms with E-state index in [0.717, 1.165) is 25.6 Å². The molecule has 2 aromatic rings. The van der Waals surface area contributed by atoms with E-state index in [1.165, 1.54) is 0 Å². The zero-order valence-electron chi connectivity index (χ0n) is 11.2. The number of halogens is 2. The summed E-state index contributed by atoms with van der Waals surface area (Å²) in [5.74, 6) is -0.115. The molecule has 0 bridgehead atoms. The number of rotatable bonds is 4. The Bertz CT molecular complexity index is 584. The summed E-state index contributed by atoms with van der Waals surface area (Å²) >= 11 is 6.87. The Morgan fingerprint density at radius 3 is 2.25 bits per heavy atom. The van der Waals surface area contributed by atoms with E-state index in [-0.39, 0.29) is 5.92 Å². The molecule has 4 heteroatoms. The van der Waals surface area contributed by atoms with Crippen molar-refractivity contribution in [3.63, 3.8) is 0 Å². The van der Waals surface area contributed by atoms with Gasteiger partial charge in [0.05, 0.1) is 6.10 Å². The molecule has 2 unspecified atom stereocenters. The first-order valence-corrected chi connectivity index (χ1v) is 8.01. The Kier molecular flexibility index (Phi) is 5.38. The fraction of sp³-hybridized carbons (Fsp3) is 0.250. The zero-order chi connectivity index (χ0) is 14.7. The van der Waals surface area contributed by atoms with Crippen molar-refractivity contribution in [3.05, 3.63) is 68.1 Å². The van der Waals surface area contributed by atoms with E-state index in [2.05, 4.69) is 31.9 Å². The maximum atomic E-state index is 10.7. The SMILES string of the molecule is Cc1ccc(Br)cc1C(O)C(CN)c1ccc(Br)cc1. The van der Waals surface area contributed by atoms with Gasteiger partial charge in [-0.05, 0) is 47.9 Å². The quantitative estimate of drug-likeness (QED) is 0.806. The molecule has 2 rings (SSSR count). The Hall–Kier alpha value is -0.680. The van der Waals surface area contributed by atoms with E-state index in [0.29, 0.717) is 6.54 Å². The van der Waals surface area contributed by atoms with Crippen LogP contribution in [0.3, 0.4) is 0 Å². The number of hydrogen-bond acceptors (Lipinski definition) is 2. The smallest absolute Gasteiger partial charge is 0.0873 e. The lowest BCUT2D eigenvalue weighted by atomic mass is 9.87. The molecule has 2 aromatic carbocycles. The van der Waals surface area contributed by atoms with Gasteiger partial charge in [-0.2, -0.15) is 0 Å². The van der Waals surface area contributed by atoms with Crippen molar-refractivity contribution in [2.24, 2.45) is 5.73 Å². The Morgan fingerprint density at radius 1 is 1.05 bits per heavy atom. The fourth-order valence-corrected chi connectivity index (χ4v) is 2.95. The van der Waals surface area contributed by atoms with Crippen LogP contribution in [-0.2, 0) is 0 Å². The summed E-state index contributed by atoms with van der Waals surface area (Å²) in [6.07, 6.45) is -0.612. The molecule has 106 valence electrons. The number of nitrogens with two attached hydrogens (primary N) is 1. The highest BCUT2D eigenvalue weighted by Crippen LogP contribution is 2.33. The lowest BCUT2D eigenvalue weighted by Crippen LogP contribution is -2.20. The van der Waals surface area contributed by atoms with Crippen LogP contribution in [-0.4, -0.2) is 11.7 Å². The summed E-state index contributed by atoms with van der Waals surface area (Å²) in [4.78, 5) is 0. The molecule has 20 heavy (non-hydrogen) atoms. The first-order valence-electron chi connectivity index (χ1n) is 6.42. The maximum Gasteiger partial charge on any atom is 0.0873 e. The molecule has 0 aromatic heterocycles. The average molecular weight is 399 g/mol. The number of benzene rings is 2. The molecule has 0 saturated carbocycles. The monoisotopic (exact) mass is 397 g/mol. The predicted octanol–water partition coefficient (Wildman–Crippen LogP) is 4.30. The van der Waals surface area contributed by atoms with Crippen LogP contribution in [0.25, 0.3) is 0 Å². The van der Waals surface area contributed by atoms with Crippen LogP contribution in [0.5, 0.6) is 0 Å². The summed E-state index contributed by atoms with van der Waals surface area (Å²) in [5, 5.41) is 10.7. The Balaban J connectivity index is 2.35. The third kappa shape index (κ3) is 3.50. The third-order valence-corrected chi connectivity index (χ3v) is 4.52. The van der Waals surface area contributed by atoms with Crippen LogP contribution in [0.1, 0.15) is 28.7 Å². The molecule has 0 amide bonds. The van der Waals surface area contributed by atoms with Crippen LogP contribution < -0.4 is 5.73 Å². The van der Waals surface area contributed by atoms with Gasteiger partial charge in [0.25, 0.3) is 0 Å². The molecule has 0 saturated heterocycles. The third-order valence-electron chi connectivity index (χ3n) is 3.49. The second-order valence-corrected chi connectivity index (χ2v) is 6.67. The Labute approximate surface area is 136 Å². The fourth-order valence-electron chi connectivity index (χ4n) is 2.30. The van der Waals surface area contributed by atoms with Crippen molar-refractivity contribution in [2.45, 2.75) is 18.9 Å². The maximum absolute atomic E-state index is 10.7. The van der Waals surface area contributed by atoms with Crippen LogP contribution in [0.4, 0.5) is 0 Å². The van der Waals surface area contributed by atoms with Crippen LogP contribution in [0.15, 0.2) is 51.4 Å². The minimum atomic E-state index is -0.612. The molecule has 2 nitrogen and oxygen atoms in total. The van der Waals surface area contributed by atoms with Gasteiger partial charge in [0.15, 0.2) is 0 Å². The summed E-state index contributed by atoms with van der Waals surface area (Å²) in [5.41, 5.74) is 8.91. The van der Waals surface area contributed by atoms with Gasteiger partial charge in [-0.1, -0.05) is 50.1 Å². The number of aliphatic hydroxyl groups is 1. The standard InChI is InChI=1S/C16H17Br2NO/c1-10-2-5-13(18)8-14(10)16(20)15(9-19)11-3-6-12(17)7-4-11/h2-8,15-16,20H,9,19H2,1H3. The second kappa shape index (κ2) is 6.85. The van der Waals surface area contributed by atoms with Gasteiger partial charge in [-0.3, -0.25) is 0 Å². The lowest BCUT2D eigenvalue weighted by Gasteiger charge is -2.24. The van der Waals surface area contributed by atoms with E-state index in [9.17, 15) is 5.11 Å². The molecule has 0 aliphatic heterocycles. The van der Waals surface area contributed by atoms with Gasteiger partial charge in [-0.25, -0.2) is 0 Å². The number of hydrogen-bond donors (Lipinski definition) is 2. The molecule has 0 aliphatic carbocycles. The van der Waals surface area contributed by atoms with Gasteiger partial charge in [0.1, 0.15) is 0 Å². The molecule has 0 radical (unpaired) electrons. The number of aryl methyl sites for hydroxylation is 1. The van der Waals surface area contributed by atoms with Crippen molar-refractivity contribution in [1.82, 2.24) is 0 Å². The van der Waals surface area contributed by atoms with Gasteiger partial charge in [0.2, 0.25) is 0 Å². The first-order chi connectivity index (χ1) is 9.52. The molecule has 0 aliphatic rings. The summed E-state index contributed by atoms with van der Waals surface area (Å²) in [7, 11) is 0. The topological polar surface area (TPSA) is 46.2 Å². The normalized spacial score (nSPS) is 14.1. The molecule has 0 fully saturated rings. The van der Waals surface area contributed by atoms with Crippen LogP contribution >= 0.6 is 31.9 Å². The predicted molar refractivity (Wildman–Crippen MR) is 89.8 cm³/mol. The van der Waals surface area contributed by atoms with Crippen molar-refractivity contribution in [1.29, 1.82) is 0 Å². The highest BCUT2D eigenvalue weighted by Gasteiger charge is 2.23. The minimum absolute atomic E-state index is 0.115. The van der Waals surface area contributed by atoms with Crippen molar-refractivity contribution < 1.29 is 5.11 Å². The van der Waals surface area contributed by atoms with Crippen molar-refractivity contribution >= 4 is 31.9 Å². The van der Waals surface area contributed by atoms with Crippen LogP contribution in [0.2, 0.25) is 0 Å². The summed E-state index contributed by atoms with van der Waals surface area (Å²) in [6, 6.07) is 13.9. The molecule has 0 heterocycles. The van der Waals surface area contributed by atoms with Crippen molar-refractivity contribution in [2.75, 3.05) is 6.54 Å². The van der Waals surface area contributed by atoms with Gasteiger partial charge in [0, 0.05) is 21.4 Å². The van der Waals surface area contributed by atoms with E-state index >= 15 is 0 Å². The summed E-state index contributed by atoms with van der Waals surface area (Å²) in [6.45, 7) is 2.40.